The molecule has 0 atom stereocenters. The van der Waals surface area contributed by atoms with Crippen molar-refractivity contribution >= 4 is 50.7 Å². The van der Waals surface area contributed by atoms with Crippen LogP contribution in [0, 0.1) is 0 Å². The minimum atomic E-state index is -0.276. The Balaban J connectivity index is 1.65. The SMILES string of the molecule is CCSc1nnc(NC(=O)/C=C(\C)c2cc3c(-c4ccc(OC)cc4)coc3cc2OC)s1. The van der Waals surface area contributed by atoms with Crippen molar-refractivity contribution in [3.05, 3.63) is 54.3 Å². The maximum absolute atomic E-state index is 12.6. The standard InChI is InChI=1S/C24H23N3O4S2/c1-5-32-24-27-26-23(33-24)25-22(28)10-14(2)17-11-18-19(13-31-21(18)12-20(17)30-4)15-6-8-16(29-3)9-7-15/h6-13H,5H2,1-4H3,(H,25,26,28)/b14-10+. The van der Waals surface area contributed by atoms with Crippen molar-refractivity contribution in [3.63, 3.8) is 0 Å². The molecule has 2 aromatic heterocycles. The molecule has 0 fully saturated rings. The second-order valence-corrected chi connectivity index (χ2v) is 9.54. The number of ether oxygens (including phenoxy) is 2. The molecule has 0 radical (unpaired) electrons. The van der Waals surface area contributed by atoms with Crippen molar-refractivity contribution in [2.24, 2.45) is 0 Å². The number of carbonyl (C=O) groups excluding carboxylic acids is 1. The highest BCUT2D eigenvalue weighted by Crippen LogP contribution is 2.37. The molecule has 0 saturated carbocycles. The topological polar surface area (TPSA) is 86.5 Å². The number of nitrogens with one attached hydrogen (secondary N) is 1. The first-order valence-electron chi connectivity index (χ1n) is 10.2. The molecule has 9 heteroatoms. The van der Waals surface area contributed by atoms with Crippen molar-refractivity contribution in [1.29, 1.82) is 0 Å². The van der Waals surface area contributed by atoms with Crippen LogP contribution >= 0.6 is 23.1 Å². The van der Waals surface area contributed by atoms with Crippen LogP contribution in [0.4, 0.5) is 5.13 Å². The molecule has 33 heavy (non-hydrogen) atoms. The molecule has 1 N–H and O–H groups in total. The van der Waals surface area contributed by atoms with E-state index in [0.29, 0.717) is 16.5 Å². The zero-order chi connectivity index (χ0) is 23.4. The molecule has 7 nitrogen and oxygen atoms in total. The van der Waals surface area contributed by atoms with Crippen molar-refractivity contribution < 1.29 is 18.7 Å². The highest BCUT2D eigenvalue weighted by Gasteiger charge is 2.15. The summed E-state index contributed by atoms with van der Waals surface area (Å²) in [6.07, 6.45) is 3.26. The maximum Gasteiger partial charge on any atom is 0.250 e. The molecule has 170 valence electrons. The van der Waals surface area contributed by atoms with Gasteiger partial charge in [-0.05, 0) is 42.0 Å². The van der Waals surface area contributed by atoms with Crippen molar-refractivity contribution in [3.8, 4) is 22.6 Å². The molecule has 0 saturated heterocycles. The van der Waals surface area contributed by atoms with E-state index in [0.717, 1.165) is 43.5 Å². The average Bonchev–Trinajstić information content (AvgIpc) is 3.44. The lowest BCUT2D eigenvalue weighted by Crippen LogP contribution is -2.08. The van der Waals surface area contributed by atoms with E-state index >= 15 is 0 Å². The third kappa shape index (κ3) is 5.04. The summed E-state index contributed by atoms with van der Waals surface area (Å²) in [4.78, 5) is 12.6. The molecular formula is C24H23N3O4S2. The maximum atomic E-state index is 12.6. The zero-order valence-electron chi connectivity index (χ0n) is 18.7. The van der Waals surface area contributed by atoms with Gasteiger partial charge in [-0.2, -0.15) is 0 Å². The lowest BCUT2D eigenvalue weighted by atomic mass is 9.99. The number of nitrogens with zero attached hydrogens (tertiary/aromatic N) is 2. The normalized spacial score (nSPS) is 11.6. The third-order valence-electron chi connectivity index (χ3n) is 4.97. The van der Waals surface area contributed by atoms with Crippen molar-refractivity contribution in [1.82, 2.24) is 10.2 Å². The Morgan fingerprint density at radius 2 is 1.97 bits per heavy atom. The fourth-order valence-corrected chi connectivity index (χ4v) is 5.04. The lowest BCUT2D eigenvalue weighted by molar-refractivity contribution is -0.111. The van der Waals surface area contributed by atoms with Gasteiger partial charge in [0.15, 0.2) is 4.34 Å². The van der Waals surface area contributed by atoms with Gasteiger partial charge in [-0.15, -0.1) is 10.2 Å². The van der Waals surface area contributed by atoms with E-state index in [4.69, 9.17) is 13.9 Å². The number of hydrogen-bond acceptors (Lipinski definition) is 8. The Labute approximate surface area is 199 Å². The number of allylic oxidation sites excluding steroid dienone is 1. The number of rotatable bonds is 8. The first-order valence-corrected chi connectivity index (χ1v) is 12.0. The first kappa shape index (κ1) is 22.9. The third-order valence-corrected chi connectivity index (χ3v) is 6.83. The van der Waals surface area contributed by atoms with Crippen LogP contribution in [0.2, 0.25) is 0 Å². The number of furan rings is 1. The Hall–Kier alpha value is -3.30. The Morgan fingerprint density at radius 1 is 1.18 bits per heavy atom. The number of methoxy groups -OCH3 is 2. The average molecular weight is 482 g/mol. The quantitative estimate of drug-likeness (QED) is 0.184. The van der Waals surface area contributed by atoms with Gasteiger partial charge in [0, 0.05) is 28.7 Å². The predicted octanol–water partition coefficient (Wildman–Crippen LogP) is 6.12. The number of aromatic nitrogens is 2. The summed E-state index contributed by atoms with van der Waals surface area (Å²) in [6.45, 7) is 3.91. The van der Waals surface area contributed by atoms with Crippen LogP contribution in [0.3, 0.4) is 0 Å². The smallest absolute Gasteiger partial charge is 0.250 e. The first-order chi connectivity index (χ1) is 16.0. The summed E-state index contributed by atoms with van der Waals surface area (Å²) in [7, 11) is 3.24. The molecule has 0 unspecified atom stereocenters. The van der Waals surface area contributed by atoms with Crippen LogP contribution in [-0.4, -0.2) is 36.1 Å². The second kappa shape index (κ2) is 10.1. The van der Waals surface area contributed by atoms with Crippen LogP contribution in [0.1, 0.15) is 19.4 Å². The molecule has 0 aliphatic carbocycles. The minimum Gasteiger partial charge on any atom is -0.497 e. The van der Waals surface area contributed by atoms with Crippen LogP contribution in [-0.2, 0) is 4.79 Å². The zero-order valence-corrected chi connectivity index (χ0v) is 20.3. The van der Waals surface area contributed by atoms with Gasteiger partial charge in [0.2, 0.25) is 11.0 Å². The molecular weight excluding hydrogens is 458 g/mol. The fourth-order valence-electron chi connectivity index (χ4n) is 3.38. The number of fused-ring (bicyclic) bond motifs is 1. The molecule has 0 aliphatic heterocycles. The molecule has 0 aliphatic rings. The molecule has 4 rings (SSSR count). The van der Waals surface area contributed by atoms with E-state index in [1.807, 2.05) is 50.2 Å². The summed E-state index contributed by atoms with van der Waals surface area (Å²) in [6, 6.07) is 11.6. The van der Waals surface area contributed by atoms with Gasteiger partial charge in [-0.3, -0.25) is 10.1 Å². The molecule has 0 bridgehead atoms. The van der Waals surface area contributed by atoms with Crippen molar-refractivity contribution in [2.45, 2.75) is 18.2 Å². The number of hydrogen-bond donors (Lipinski definition) is 1. The van der Waals surface area contributed by atoms with Gasteiger partial charge in [0.1, 0.15) is 17.1 Å². The van der Waals surface area contributed by atoms with E-state index in [1.54, 1.807) is 32.2 Å². The van der Waals surface area contributed by atoms with Crippen LogP contribution in [0.15, 0.2) is 57.5 Å². The summed E-state index contributed by atoms with van der Waals surface area (Å²) >= 11 is 2.94. The van der Waals surface area contributed by atoms with E-state index in [2.05, 4.69) is 15.5 Å². The number of thioether (sulfide) groups is 1. The van der Waals surface area contributed by atoms with Crippen LogP contribution in [0.5, 0.6) is 11.5 Å². The molecule has 0 spiro atoms. The van der Waals surface area contributed by atoms with Gasteiger partial charge in [0.05, 0.1) is 20.5 Å². The van der Waals surface area contributed by atoms with E-state index in [-0.39, 0.29) is 5.91 Å². The fraction of sp³-hybridized carbons (Fsp3) is 0.208. The van der Waals surface area contributed by atoms with E-state index < -0.39 is 0 Å². The number of carbonyl (C=O) groups is 1. The summed E-state index contributed by atoms with van der Waals surface area (Å²) in [5.41, 5.74) is 4.20. The number of amides is 1. The monoisotopic (exact) mass is 481 g/mol. The Bertz CT molecular complexity index is 1310. The Morgan fingerprint density at radius 3 is 2.67 bits per heavy atom. The summed E-state index contributed by atoms with van der Waals surface area (Å²) in [5.74, 6) is 2.03. The van der Waals surface area contributed by atoms with Gasteiger partial charge in [0.25, 0.3) is 0 Å². The highest BCUT2D eigenvalue weighted by molar-refractivity contribution is 8.01. The summed E-state index contributed by atoms with van der Waals surface area (Å²) in [5, 5.41) is 12.3. The largest absolute Gasteiger partial charge is 0.497 e. The van der Waals surface area contributed by atoms with Gasteiger partial charge < -0.3 is 13.9 Å². The summed E-state index contributed by atoms with van der Waals surface area (Å²) < 4.78 is 17.5. The van der Waals surface area contributed by atoms with Gasteiger partial charge in [-0.25, -0.2) is 0 Å². The number of benzene rings is 2. The minimum absolute atomic E-state index is 0.276. The van der Waals surface area contributed by atoms with Crippen molar-refractivity contribution in [2.75, 3.05) is 25.3 Å². The predicted molar refractivity (Wildman–Crippen MR) is 133 cm³/mol. The second-order valence-electron chi connectivity index (χ2n) is 7.05. The molecule has 2 heterocycles. The molecule has 1 amide bonds. The van der Waals surface area contributed by atoms with E-state index in [1.165, 1.54) is 17.4 Å². The highest BCUT2D eigenvalue weighted by atomic mass is 32.2. The van der Waals surface area contributed by atoms with Crippen LogP contribution in [0.25, 0.3) is 27.7 Å². The van der Waals surface area contributed by atoms with Crippen LogP contribution < -0.4 is 14.8 Å². The Kier molecular flexibility index (Phi) is 7.00. The van der Waals surface area contributed by atoms with Gasteiger partial charge in [-0.1, -0.05) is 42.2 Å². The van der Waals surface area contributed by atoms with E-state index in [9.17, 15) is 4.79 Å². The lowest BCUT2D eigenvalue weighted by Gasteiger charge is -2.10. The number of anilines is 1. The molecule has 4 aromatic rings. The van der Waals surface area contributed by atoms with Gasteiger partial charge >= 0.3 is 0 Å². The molecule has 2 aromatic carbocycles.